The summed E-state index contributed by atoms with van der Waals surface area (Å²) in [6.45, 7) is 6.68. The first kappa shape index (κ1) is 26.2. The molecule has 0 bridgehead atoms. The van der Waals surface area contributed by atoms with Crippen LogP contribution in [0.3, 0.4) is 0 Å². The molecule has 0 saturated carbocycles. The zero-order valence-electron chi connectivity index (χ0n) is 19.8. The Hall–Kier alpha value is -2.46. The van der Waals surface area contributed by atoms with Crippen molar-refractivity contribution in [1.82, 2.24) is 24.8 Å². The van der Waals surface area contributed by atoms with Crippen molar-refractivity contribution in [1.29, 1.82) is 0 Å². The molecule has 1 heterocycles. The van der Waals surface area contributed by atoms with Crippen LogP contribution in [0.2, 0.25) is 5.02 Å². The Bertz CT molecular complexity index is 1130. The van der Waals surface area contributed by atoms with Crippen LogP contribution in [0.4, 0.5) is 0 Å². The minimum absolute atomic E-state index is 0.0418. The quantitative estimate of drug-likeness (QED) is 0.363. The van der Waals surface area contributed by atoms with Crippen LogP contribution >= 0.6 is 11.6 Å². The second-order valence-corrected chi connectivity index (χ2v) is 10.3. The van der Waals surface area contributed by atoms with Gasteiger partial charge in [-0.3, -0.25) is 5.10 Å². The second-order valence-electron chi connectivity index (χ2n) is 7.97. The number of hydrogen-bond acceptors (Lipinski definition) is 6. The zero-order valence-corrected chi connectivity index (χ0v) is 21.4. The lowest BCUT2D eigenvalue weighted by atomic mass is 10.1. The summed E-state index contributed by atoms with van der Waals surface area (Å²) >= 11 is 6.02. The lowest BCUT2D eigenvalue weighted by molar-refractivity contribution is 0.304. The molecular formula is C24H32ClN5O3S. The number of hydrogen-bond donors (Lipinski definition) is 2. The lowest BCUT2D eigenvalue weighted by Gasteiger charge is -2.19. The van der Waals surface area contributed by atoms with E-state index in [-0.39, 0.29) is 5.75 Å². The number of halogens is 1. The van der Waals surface area contributed by atoms with Crippen molar-refractivity contribution in [2.24, 2.45) is 0 Å². The van der Waals surface area contributed by atoms with Crippen LogP contribution in [0.5, 0.6) is 5.75 Å². The number of sulfonamides is 1. The Morgan fingerprint density at radius 1 is 1.09 bits per heavy atom. The van der Waals surface area contributed by atoms with E-state index in [2.05, 4.69) is 38.7 Å². The topological polar surface area (TPSA) is 100 Å². The molecule has 0 unspecified atom stereocenters. The number of ether oxygens (including phenoxy) is 1. The van der Waals surface area contributed by atoms with Gasteiger partial charge in [-0.1, -0.05) is 37.6 Å². The van der Waals surface area contributed by atoms with E-state index in [9.17, 15) is 8.42 Å². The van der Waals surface area contributed by atoms with Crippen molar-refractivity contribution in [3.63, 3.8) is 0 Å². The number of nitrogens with one attached hydrogen (secondary N) is 2. The molecule has 10 heteroatoms. The minimum Gasteiger partial charge on any atom is -0.497 e. The molecule has 0 aliphatic heterocycles. The van der Waals surface area contributed by atoms with Crippen molar-refractivity contribution in [2.75, 3.05) is 32.5 Å². The molecule has 3 rings (SSSR count). The molecule has 0 aliphatic rings. The molecule has 3 aromatic rings. The number of benzene rings is 2. The van der Waals surface area contributed by atoms with Gasteiger partial charge in [0.25, 0.3) is 0 Å². The number of rotatable bonds is 13. The summed E-state index contributed by atoms with van der Waals surface area (Å²) in [5, 5.41) is 7.87. The molecule has 0 radical (unpaired) electrons. The first-order valence-electron chi connectivity index (χ1n) is 11.4. The molecule has 34 heavy (non-hydrogen) atoms. The molecule has 2 aromatic carbocycles. The fourth-order valence-electron chi connectivity index (χ4n) is 3.64. The highest BCUT2D eigenvalue weighted by Crippen LogP contribution is 2.23. The van der Waals surface area contributed by atoms with Gasteiger partial charge < -0.3 is 9.64 Å². The van der Waals surface area contributed by atoms with Gasteiger partial charge in [-0.25, -0.2) is 18.1 Å². The normalized spacial score (nSPS) is 12.7. The van der Waals surface area contributed by atoms with Gasteiger partial charge in [0.05, 0.1) is 18.9 Å². The van der Waals surface area contributed by atoms with Gasteiger partial charge in [-0.15, -0.1) is 0 Å². The summed E-state index contributed by atoms with van der Waals surface area (Å²) in [5.74, 6) is 1.71. The molecule has 184 valence electrons. The lowest BCUT2D eigenvalue weighted by Crippen LogP contribution is -2.34. The molecule has 0 amide bonds. The number of methoxy groups -OCH3 is 1. The summed E-state index contributed by atoms with van der Waals surface area (Å²) in [5.41, 5.74) is 1.73. The predicted octanol–water partition coefficient (Wildman–Crippen LogP) is 4.07. The van der Waals surface area contributed by atoms with E-state index < -0.39 is 16.1 Å². The Morgan fingerprint density at radius 2 is 1.76 bits per heavy atom. The zero-order chi connectivity index (χ0) is 24.6. The maximum absolute atomic E-state index is 12.9. The van der Waals surface area contributed by atoms with Crippen LogP contribution in [-0.2, 0) is 16.4 Å². The third-order valence-corrected chi connectivity index (χ3v) is 7.36. The number of aromatic nitrogens is 3. The van der Waals surface area contributed by atoms with Gasteiger partial charge in [0.2, 0.25) is 10.0 Å². The van der Waals surface area contributed by atoms with Crippen LogP contribution in [0.25, 0.3) is 11.4 Å². The Labute approximate surface area is 206 Å². The average Bonchev–Trinajstić information content (AvgIpc) is 3.33. The Kier molecular flexibility index (Phi) is 9.46. The van der Waals surface area contributed by atoms with Crippen LogP contribution in [0.1, 0.15) is 37.7 Å². The van der Waals surface area contributed by atoms with E-state index in [1.807, 2.05) is 36.4 Å². The standard InChI is InChI=1S/C24H32ClN5O3S/c1-4-30(5-2)15-6-16-34(31,32)29-22(17-18-7-11-20(25)12-8-18)24-26-23(27-28-24)19-9-13-21(33-3)14-10-19/h7-14,22,29H,4-6,15-17H2,1-3H3,(H,26,27,28)/t22-/m0/s1. The van der Waals surface area contributed by atoms with Gasteiger partial charge in [0.15, 0.2) is 5.82 Å². The summed E-state index contributed by atoms with van der Waals surface area (Å²) in [6.07, 6.45) is 0.960. The van der Waals surface area contributed by atoms with E-state index >= 15 is 0 Å². The predicted molar refractivity (Wildman–Crippen MR) is 136 cm³/mol. The van der Waals surface area contributed by atoms with Crippen LogP contribution < -0.4 is 9.46 Å². The number of H-pyrrole nitrogens is 1. The molecule has 1 aromatic heterocycles. The summed E-state index contributed by atoms with van der Waals surface area (Å²) in [6, 6.07) is 14.1. The SMILES string of the molecule is CCN(CC)CCCS(=O)(=O)N[C@@H](Cc1ccc(Cl)cc1)c1nc(-c2ccc(OC)cc2)n[nH]1. The van der Waals surface area contributed by atoms with Crippen LogP contribution in [-0.4, -0.2) is 61.0 Å². The molecular weight excluding hydrogens is 474 g/mol. The molecule has 0 saturated heterocycles. The van der Waals surface area contributed by atoms with Gasteiger partial charge in [0.1, 0.15) is 11.6 Å². The monoisotopic (exact) mass is 505 g/mol. The summed E-state index contributed by atoms with van der Waals surface area (Å²) < 4.78 is 33.9. The highest BCUT2D eigenvalue weighted by Gasteiger charge is 2.23. The van der Waals surface area contributed by atoms with Gasteiger partial charge >= 0.3 is 0 Å². The van der Waals surface area contributed by atoms with Crippen LogP contribution in [0.15, 0.2) is 48.5 Å². The highest BCUT2D eigenvalue weighted by molar-refractivity contribution is 7.89. The average molecular weight is 506 g/mol. The fourth-order valence-corrected chi connectivity index (χ4v) is 5.02. The van der Waals surface area contributed by atoms with Gasteiger partial charge in [-0.2, -0.15) is 5.10 Å². The van der Waals surface area contributed by atoms with Crippen molar-refractivity contribution < 1.29 is 13.2 Å². The largest absolute Gasteiger partial charge is 0.497 e. The Balaban J connectivity index is 1.79. The van der Waals surface area contributed by atoms with Crippen molar-refractivity contribution >= 4 is 21.6 Å². The molecule has 8 nitrogen and oxygen atoms in total. The maximum Gasteiger partial charge on any atom is 0.212 e. The summed E-state index contributed by atoms with van der Waals surface area (Å²) in [4.78, 5) is 6.81. The van der Waals surface area contributed by atoms with E-state index in [1.54, 1.807) is 19.2 Å². The molecule has 0 spiro atoms. The second kappa shape index (κ2) is 12.3. The highest BCUT2D eigenvalue weighted by atomic mass is 35.5. The van der Waals surface area contributed by atoms with Crippen molar-refractivity contribution in [3.05, 3.63) is 64.9 Å². The van der Waals surface area contributed by atoms with E-state index in [1.165, 1.54) is 0 Å². The third-order valence-electron chi connectivity index (χ3n) is 5.64. The van der Waals surface area contributed by atoms with Gasteiger partial charge in [0, 0.05) is 10.6 Å². The molecule has 0 aliphatic carbocycles. The third kappa shape index (κ3) is 7.53. The smallest absolute Gasteiger partial charge is 0.212 e. The fraction of sp³-hybridized carbons (Fsp3) is 0.417. The first-order valence-corrected chi connectivity index (χ1v) is 13.4. The Morgan fingerprint density at radius 3 is 2.38 bits per heavy atom. The van der Waals surface area contributed by atoms with E-state index in [0.717, 1.165) is 36.5 Å². The summed E-state index contributed by atoms with van der Waals surface area (Å²) in [7, 11) is -1.93. The maximum atomic E-state index is 12.9. The first-order chi connectivity index (χ1) is 16.3. The van der Waals surface area contributed by atoms with Crippen molar-refractivity contribution in [3.8, 4) is 17.1 Å². The molecule has 1 atom stereocenters. The van der Waals surface area contributed by atoms with E-state index in [0.29, 0.717) is 29.5 Å². The minimum atomic E-state index is -3.54. The molecule has 0 fully saturated rings. The number of nitrogens with zero attached hydrogens (tertiary/aromatic N) is 3. The molecule has 2 N–H and O–H groups in total. The van der Waals surface area contributed by atoms with Crippen LogP contribution in [0, 0.1) is 0 Å². The van der Waals surface area contributed by atoms with E-state index in [4.69, 9.17) is 16.3 Å². The van der Waals surface area contributed by atoms with Crippen molar-refractivity contribution in [2.45, 2.75) is 32.7 Å². The van der Waals surface area contributed by atoms with Gasteiger partial charge in [-0.05, 0) is 74.4 Å². The number of aromatic amines is 1.